The second-order valence-electron chi connectivity index (χ2n) is 4.23. The lowest BCUT2D eigenvalue weighted by atomic mass is 9.88. The average Bonchev–Trinajstić information content (AvgIpc) is 2.72. The molecule has 0 aromatic heterocycles. The molecular formula is C11H19NO. The van der Waals surface area contributed by atoms with Crippen LogP contribution < -0.4 is 5.73 Å². The molecule has 2 rings (SSSR count). The van der Waals surface area contributed by atoms with Crippen molar-refractivity contribution < 1.29 is 4.74 Å². The van der Waals surface area contributed by atoms with Crippen molar-refractivity contribution in [3.63, 3.8) is 0 Å². The predicted molar refractivity (Wildman–Crippen MR) is 53.4 cm³/mol. The fourth-order valence-corrected chi connectivity index (χ4v) is 2.49. The van der Waals surface area contributed by atoms with E-state index in [1.807, 2.05) is 0 Å². The molecule has 1 heterocycles. The first-order chi connectivity index (χ1) is 6.29. The van der Waals surface area contributed by atoms with Gasteiger partial charge in [0.25, 0.3) is 0 Å². The molecule has 3 atom stereocenters. The monoisotopic (exact) mass is 181 g/mol. The minimum Gasteiger partial charge on any atom is -0.378 e. The van der Waals surface area contributed by atoms with Crippen LogP contribution in [0.5, 0.6) is 0 Å². The van der Waals surface area contributed by atoms with Crippen molar-refractivity contribution >= 4 is 0 Å². The van der Waals surface area contributed by atoms with Gasteiger partial charge in [-0.3, -0.25) is 0 Å². The van der Waals surface area contributed by atoms with E-state index < -0.39 is 0 Å². The Morgan fingerprint density at radius 1 is 1.62 bits per heavy atom. The van der Waals surface area contributed by atoms with Gasteiger partial charge in [0.05, 0.1) is 6.10 Å². The molecule has 2 heteroatoms. The Bertz CT molecular complexity index is 212. The fraction of sp³-hybridized carbons (Fsp3) is 0.818. The van der Waals surface area contributed by atoms with E-state index in [0.29, 0.717) is 12.0 Å². The summed E-state index contributed by atoms with van der Waals surface area (Å²) >= 11 is 0. The second-order valence-corrected chi connectivity index (χ2v) is 4.23. The largest absolute Gasteiger partial charge is 0.378 e. The molecule has 1 aliphatic carbocycles. The highest BCUT2D eigenvalue weighted by molar-refractivity contribution is 5.16. The number of hydrogen-bond donors (Lipinski definition) is 1. The maximum atomic E-state index is 6.23. The SMILES string of the molecule is CC1OCCC1C(N)C1=CCCC1. The summed E-state index contributed by atoms with van der Waals surface area (Å²) in [4.78, 5) is 0. The molecule has 1 fully saturated rings. The van der Waals surface area contributed by atoms with E-state index in [1.165, 1.54) is 24.8 Å². The van der Waals surface area contributed by atoms with Crippen LogP contribution in [0.3, 0.4) is 0 Å². The quantitative estimate of drug-likeness (QED) is 0.660. The molecule has 2 nitrogen and oxygen atoms in total. The lowest BCUT2D eigenvalue weighted by Crippen LogP contribution is -2.35. The molecule has 0 radical (unpaired) electrons. The third kappa shape index (κ3) is 1.79. The highest BCUT2D eigenvalue weighted by Crippen LogP contribution is 2.30. The van der Waals surface area contributed by atoms with Crippen molar-refractivity contribution in [3.8, 4) is 0 Å². The van der Waals surface area contributed by atoms with E-state index in [9.17, 15) is 0 Å². The van der Waals surface area contributed by atoms with Crippen LogP contribution in [0, 0.1) is 5.92 Å². The van der Waals surface area contributed by atoms with E-state index in [1.54, 1.807) is 0 Å². The zero-order valence-corrected chi connectivity index (χ0v) is 8.33. The Morgan fingerprint density at radius 2 is 2.46 bits per heavy atom. The lowest BCUT2D eigenvalue weighted by Gasteiger charge is -2.23. The minimum absolute atomic E-state index is 0.264. The maximum absolute atomic E-state index is 6.23. The van der Waals surface area contributed by atoms with Crippen molar-refractivity contribution in [2.24, 2.45) is 11.7 Å². The molecule has 2 aliphatic rings. The molecule has 74 valence electrons. The average molecular weight is 181 g/mol. The van der Waals surface area contributed by atoms with Gasteiger partial charge >= 0.3 is 0 Å². The van der Waals surface area contributed by atoms with Gasteiger partial charge in [0, 0.05) is 18.6 Å². The van der Waals surface area contributed by atoms with E-state index in [2.05, 4.69) is 13.0 Å². The second kappa shape index (κ2) is 3.81. The third-order valence-electron chi connectivity index (χ3n) is 3.40. The minimum atomic E-state index is 0.264. The molecule has 0 spiro atoms. The van der Waals surface area contributed by atoms with Crippen LogP contribution >= 0.6 is 0 Å². The number of ether oxygens (including phenoxy) is 1. The third-order valence-corrected chi connectivity index (χ3v) is 3.40. The van der Waals surface area contributed by atoms with Gasteiger partial charge in [-0.25, -0.2) is 0 Å². The molecule has 1 aliphatic heterocycles. The van der Waals surface area contributed by atoms with Crippen LogP contribution in [0.15, 0.2) is 11.6 Å². The summed E-state index contributed by atoms with van der Waals surface area (Å²) < 4.78 is 5.54. The highest BCUT2D eigenvalue weighted by atomic mass is 16.5. The van der Waals surface area contributed by atoms with Crippen LogP contribution in [0.25, 0.3) is 0 Å². The molecule has 1 saturated heterocycles. The van der Waals surface area contributed by atoms with Crippen molar-refractivity contribution in [2.75, 3.05) is 6.61 Å². The molecule has 13 heavy (non-hydrogen) atoms. The number of allylic oxidation sites excluding steroid dienone is 1. The Balaban J connectivity index is 1.99. The normalized spacial score (nSPS) is 36.3. The number of hydrogen-bond acceptors (Lipinski definition) is 2. The van der Waals surface area contributed by atoms with Gasteiger partial charge in [0.15, 0.2) is 0 Å². The van der Waals surface area contributed by atoms with E-state index in [4.69, 9.17) is 10.5 Å². The molecule has 0 aromatic carbocycles. The summed E-state index contributed by atoms with van der Waals surface area (Å²) in [6.45, 7) is 3.04. The maximum Gasteiger partial charge on any atom is 0.0593 e. The summed E-state index contributed by atoms with van der Waals surface area (Å²) in [5.74, 6) is 0.560. The molecule has 0 aromatic rings. The Hall–Kier alpha value is -0.340. The Morgan fingerprint density at radius 3 is 3.00 bits per heavy atom. The summed E-state index contributed by atoms with van der Waals surface area (Å²) in [7, 11) is 0. The summed E-state index contributed by atoms with van der Waals surface area (Å²) in [5, 5.41) is 0. The first-order valence-corrected chi connectivity index (χ1v) is 5.35. The van der Waals surface area contributed by atoms with Gasteiger partial charge in [0.1, 0.15) is 0 Å². The van der Waals surface area contributed by atoms with E-state index in [0.717, 1.165) is 13.0 Å². The zero-order chi connectivity index (χ0) is 9.26. The van der Waals surface area contributed by atoms with Crippen molar-refractivity contribution in [1.29, 1.82) is 0 Å². The Kier molecular flexibility index (Phi) is 2.70. The van der Waals surface area contributed by atoms with Gasteiger partial charge in [0.2, 0.25) is 0 Å². The molecule has 0 saturated carbocycles. The highest BCUT2D eigenvalue weighted by Gasteiger charge is 2.31. The van der Waals surface area contributed by atoms with Crippen molar-refractivity contribution in [1.82, 2.24) is 0 Å². The van der Waals surface area contributed by atoms with Crippen LogP contribution in [0.1, 0.15) is 32.6 Å². The fourth-order valence-electron chi connectivity index (χ4n) is 2.49. The summed E-state index contributed by atoms with van der Waals surface area (Å²) in [6.07, 6.45) is 7.56. The smallest absolute Gasteiger partial charge is 0.0593 e. The van der Waals surface area contributed by atoms with Gasteiger partial charge in [-0.2, -0.15) is 0 Å². The topological polar surface area (TPSA) is 35.2 Å². The van der Waals surface area contributed by atoms with Crippen LogP contribution in [0.4, 0.5) is 0 Å². The standard InChI is InChI=1S/C11H19NO/c1-8-10(6-7-13-8)11(12)9-4-2-3-5-9/h4,8,10-11H,2-3,5-7,12H2,1H3. The molecule has 2 N–H and O–H groups in total. The molecular weight excluding hydrogens is 162 g/mol. The van der Waals surface area contributed by atoms with Gasteiger partial charge in [-0.05, 0) is 32.6 Å². The summed E-state index contributed by atoms with van der Waals surface area (Å²) in [5.41, 5.74) is 7.70. The van der Waals surface area contributed by atoms with E-state index in [-0.39, 0.29) is 6.04 Å². The first kappa shape index (κ1) is 9.22. The zero-order valence-electron chi connectivity index (χ0n) is 8.33. The van der Waals surface area contributed by atoms with E-state index >= 15 is 0 Å². The predicted octanol–water partition coefficient (Wildman–Crippen LogP) is 1.85. The Labute approximate surface area is 80.1 Å². The van der Waals surface area contributed by atoms with Gasteiger partial charge in [-0.15, -0.1) is 0 Å². The van der Waals surface area contributed by atoms with Gasteiger partial charge in [-0.1, -0.05) is 11.6 Å². The molecule has 0 amide bonds. The van der Waals surface area contributed by atoms with Crippen molar-refractivity contribution in [3.05, 3.63) is 11.6 Å². The van der Waals surface area contributed by atoms with Crippen molar-refractivity contribution in [2.45, 2.75) is 44.8 Å². The van der Waals surface area contributed by atoms with Gasteiger partial charge < -0.3 is 10.5 Å². The first-order valence-electron chi connectivity index (χ1n) is 5.35. The molecule has 3 unspecified atom stereocenters. The number of nitrogens with two attached hydrogens (primary N) is 1. The summed E-state index contributed by atoms with van der Waals surface area (Å²) in [6, 6.07) is 0.264. The van der Waals surface area contributed by atoms with Crippen LogP contribution in [-0.2, 0) is 4.74 Å². The van der Waals surface area contributed by atoms with Crippen LogP contribution in [0.2, 0.25) is 0 Å². The molecule has 0 bridgehead atoms. The number of rotatable bonds is 2. The lowest BCUT2D eigenvalue weighted by molar-refractivity contribution is 0.102. The van der Waals surface area contributed by atoms with Crippen LogP contribution in [-0.4, -0.2) is 18.8 Å².